The van der Waals surface area contributed by atoms with E-state index in [0.29, 0.717) is 11.1 Å². The smallest absolute Gasteiger partial charge is 0.232 e. The summed E-state index contributed by atoms with van der Waals surface area (Å²) in [5.74, 6) is 2.65. The SMILES string of the molecule is S=C(NCCCc1ccccc1)Nc1nc(N2CCCCCC2)cc(N2CCCCC2)n1. The van der Waals surface area contributed by atoms with Crippen LogP contribution in [-0.2, 0) is 6.42 Å². The molecule has 2 aliphatic rings. The van der Waals surface area contributed by atoms with E-state index in [2.05, 4.69) is 56.8 Å². The molecule has 3 heterocycles. The number of thiocarbonyl (C=S) groups is 1. The van der Waals surface area contributed by atoms with Crippen molar-refractivity contribution in [1.29, 1.82) is 0 Å². The van der Waals surface area contributed by atoms with Gasteiger partial charge in [0.2, 0.25) is 5.95 Å². The van der Waals surface area contributed by atoms with Crippen LogP contribution in [0.3, 0.4) is 0 Å². The van der Waals surface area contributed by atoms with Crippen molar-refractivity contribution in [2.75, 3.05) is 47.8 Å². The molecule has 172 valence electrons. The zero-order valence-corrected chi connectivity index (χ0v) is 19.9. The minimum absolute atomic E-state index is 0.593. The van der Waals surface area contributed by atoms with Crippen molar-refractivity contribution >= 4 is 34.9 Å². The minimum atomic E-state index is 0.593. The topological polar surface area (TPSA) is 56.3 Å². The van der Waals surface area contributed by atoms with Gasteiger partial charge in [-0.3, -0.25) is 0 Å². The third-order valence-corrected chi connectivity index (χ3v) is 6.55. The molecule has 0 unspecified atom stereocenters. The van der Waals surface area contributed by atoms with Gasteiger partial charge in [-0.25, -0.2) is 0 Å². The Morgan fingerprint density at radius 1 is 0.812 bits per heavy atom. The van der Waals surface area contributed by atoms with E-state index in [1.54, 1.807) is 0 Å². The molecule has 32 heavy (non-hydrogen) atoms. The summed E-state index contributed by atoms with van der Waals surface area (Å²) in [5, 5.41) is 7.18. The largest absolute Gasteiger partial charge is 0.362 e. The van der Waals surface area contributed by atoms with E-state index >= 15 is 0 Å². The first-order valence-electron chi connectivity index (χ1n) is 12.3. The molecular weight excluding hydrogens is 416 g/mol. The number of anilines is 3. The lowest BCUT2D eigenvalue weighted by molar-refractivity contribution is 0.573. The summed E-state index contributed by atoms with van der Waals surface area (Å²) >= 11 is 5.56. The highest BCUT2D eigenvalue weighted by Gasteiger charge is 2.18. The minimum Gasteiger partial charge on any atom is -0.362 e. The molecule has 2 aliphatic heterocycles. The van der Waals surface area contributed by atoms with Crippen LogP contribution in [0.5, 0.6) is 0 Å². The Kier molecular flexibility index (Phi) is 8.54. The molecule has 2 fully saturated rings. The molecule has 0 atom stereocenters. The van der Waals surface area contributed by atoms with E-state index in [-0.39, 0.29) is 0 Å². The number of piperidine rings is 1. The normalized spacial score (nSPS) is 17.0. The molecular formula is C25H36N6S. The first-order valence-corrected chi connectivity index (χ1v) is 12.7. The van der Waals surface area contributed by atoms with Gasteiger partial charge in [-0.05, 0) is 62.7 Å². The maximum Gasteiger partial charge on any atom is 0.232 e. The summed E-state index contributed by atoms with van der Waals surface area (Å²) in [6.07, 6.45) is 10.9. The highest BCUT2D eigenvalue weighted by atomic mass is 32.1. The van der Waals surface area contributed by atoms with Gasteiger partial charge < -0.3 is 20.4 Å². The number of nitrogens with one attached hydrogen (secondary N) is 2. The fourth-order valence-electron chi connectivity index (χ4n) is 4.51. The van der Waals surface area contributed by atoms with E-state index in [9.17, 15) is 0 Å². The molecule has 2 N–H and O–H groups in total. The van der Waals surface area contributed by atoms with E-state index in [0.717, 1.165) is 57.2 Å². The molecule has 2 aromatic rings. The van der Waals surface area contributed by atoms with Crippen LogP contribution < -0.4 is 20.4 Å². The molecule has 4 rings (SSSR count). The number of nitrogens with zero attached hydrogens (tertiary/aromatic N) is 4. The summed E-state index contributed by atoms with van der Waals surface area (Å²) in [4.78, 5) is 14.5. The van der Waals surface area contributed by atoms with Crippen LogP contribution in [0.4, 0.5) is 17.6 Å². The van der Waals surface area contributed by atoms with Gasteiger partial charge in [0.05, 0.1) is 0 Å². The van der Waals surface area contributed by atoms with Crippen LogP contribution in [0.25, 0.3) is 0 Å². The Hall–Kier alpha value is -2.41. The predicted octanol–water partition coefficient (Wildman–Crippen LogP) is 4.77. The number of hydrogen-bond acceptors (Lipinski definition) is 5. The molecule has 1 aromatic carbocycles. The van der Waals surface area contributed by atoms with Gasteiger partial charge >= 0.3 is 0 Å². The lowest BCUT2D eigenvalue weighted by atomic mass is 10.1. The highest BCUT2D eigenvalue weighted by molar-refractivity contribution is 7.80. The van der Waals surface area contributed by atoms with E-state index in [1.807, 2.05) is 0 Å². The van der Waals surface area contributed by atoms with Gasteiger partial charge in [0.25, 0.3) is 0 Å². The van der Waals surface area contributed by atoms with Crippen LogP contribution >= 0.6 is 12.2 Å². The maximum atomic E-state index is 5.56. The Labute approximate surface area is 197 Å². The van der Waals surface area contributed by atoms with Gasteiger partial charge in [-0.2, -0.15) is 9.97 Å². The molecule has 0 aliphatic carbocycles. The molecule has 0 radical (unpaired) electrons. The van der Waals surface area contributed by atoms with Crippen molar-refractivity contribution < 1.29 is 0 Å². The summed E-state index contributed by atoms with van der Waals surface area (Å²) < 4.78 is 0. The van der Waals surface area contributed by atoms with Gasteiger partial charge in [-0.15, -0.1) is 0 Å². The molecule has 0 bridgehead atoms. The van der Waals surface area contributed by atoms with Gasteiger partial charge in [0.15, 0.2) is 5.11 Å². The monoisotopic (exact) mass is 452 g/mol. The van der Waals surface area contributed by atoms with E-state index in [4.69, 9.17) is 22.2 Å². The van der Waals surface area contributed by atoms with Crippen molar-refractivity contribution in [3.8, 4) is 0 Å². The van der Waals surface area contributed by atoms with Crippen LogP contribution in [0.15, 0.2) is 36.4 Å². The second-order valence-corrected chi connectivity index (χ2v) is 9.24. The molecule has 6 nitrogen and oxygen atoms in total. The number of hydrogen-bond donors (Lipinski definition) is 2. The average Bonchev–Trinajstić information content (AvgIpc) is 3.13. The fraction of sp³-hybridized carbons (Fsp3) is 0.560. The summed E-state index contributed by atoms with van der Waals surface area (Å²) in [5.41, 5.74) is 1.35. The van der Waals surface area contributed by atoms with Crippen molar-refractivity contribution in [1.82, 2.24) is 15.3 Å². The van der Waals surface area contributed by atoms with Crippen LogP contribution in [0, 0.1) is 0 Å². The Bertz CT molecular complexity index is 845. The molecule has 0 spiro atoms. The maximum absolute atomic E-state index is 5.56. The van der Waals surface area contributed by atoms with Gasteiger partial charge in [0.1, 0.15) is 11.6 Å². The molecule has 7 heteroatoms. The number of aromatic nitrogens is 2. The van der Waals surface area contributed by atoms with E-state index < -0.39 is 0 Å². The average molecular weight is 453 g/mol. The molecule has 2 saturated heterocycles. The zero-order chi connectivity index (χ0) is 22.0. The Morgan fingerprint density at radius 2 is 1.38 bits per heavy atom. The number of aryl methyl sites for hydroxylation is 1. The Morgan fingerprint density at radius 3 is 1.97 bits per heavy atom. The van der Waals surface area contributed by atoms with Crippen molar-refractivity contribution in [2.45, 2.75) is 57.8 Å². The van der Waals surface area contributed by atoms with Crippen LogP contribution in [-0.4, -0.2) is 47.8 Å². The van der Waals surface area contributed by atoms with Gasteiger partial charge in [0, 0.05) is 38.8 Å². The molecule has 0 amide bonds. The highest BCUT2D eigenvalue weighted by Crippen LogP contribution is 2.25. The van der Waals surface area contributed by atoms with Crippen LogP contribution in [0.1, 0.15) is 56.9 Å². The second-order valence-electron chi connectivity index (χ2n) is 8.83. The van der Waals surface area contributed by atoms with Crippen molar-refractivity contribution in [2.24, 2.45) is 0 Å². The molecule has 0 saturated carbocycles. The number of benzene rings is 1. The van der Waals surface area contributed by atoms with Gasteiger partial charge in [-0.1, -0.05) is 43.2 Å². The Balaban J connectivity index is 1.39. The summed E-state index contributed by atoms with van der Waals surface area (Å²) in [7, 11) is 0. The standard InChI is InChI=1S/C25H36N6S/c32-25(26-15-11-14-21-12-5-3-6-13-21)29-24-27-22(30-16-7-1-2-8-17-30)20-23(28-24)31-18-9-4-10-19-31/h3,5-6,12-13,20H,1-2,4,7-11,14-19H2,(H2,26,27,28,29,32). The molecule has 1 aromatic heterocycles. The lowest BCUT2D eigenvalue weighted by Gasteiger charge is -2.29. The summed E-state index contributed by atoms with van der Waals surface area (Å²) in [6.45, 7) is 5.10. The second kappa shape index (κ2) is 12.0. The quantitative estimate of drug-likeness (QED) is 0.464. The predicted molar refractivity (Wildman–Crippen MR) is 138 cm³/mol. The van der Waals surface area contributed by atoms with Crippen molar-refractivity contribution in [3.05, 3.63) is 42.0 Å². The lowest BCUT2D eigenvalue weighted by Crippen LogP contribution is -2.33. The van der Waals surface area contributed by atoms with Crippen molar-refractivity contribution in [3.63, 3.8) is 0 Å². The third-order valence-electron chi connectivity index (χ3n) is 6.31. The van der Waals surface area contributed by atoms with Crippen LogP contribution in [0.2, 0.25) is 0 Å². The first kappa shape index (κ1) is 22.8. The third kappa shape index (κ3) is 6.79. The summed E-state index contributed by atoms with van der Waals surface area (Å²) in [6, 6.07) is 12.7. The first-order chi connectivity index (χ1) is 15.8. The number of rotatable bonds is 7. The fourth-order valence-corrected chi connectivity index (χ4v) is 4.70. The zero-order valence-electron chi connectivity index (χ0n) is 19.1. The van der Waals surface area contributed by atoms with E-state index in [1.165, 1.54) is 50.5 Å².